The maximum atomic E-state index is 13.0. The van der Waals surface area contributed by atoms with Crippen molar-refractivity contribution in [3.8, 4) is 5.75 Å². The summed E-state index contributed by atoms with van der Waals surface area (Å²) in [7, 11) is -2.40. The summed E-state index contributed by atoms with van der Waals surface area (Å²) in [4.78, 5) is 12.0. The first kappa shape index (κ1) is 30.1. The van der Waals surface area contributed by atoms with Crippen LogP contribution in [0.2, 0.25) is 4.34 Å². The van der Waals surface area contributed by atoms with Crippen molar-refractivity contribution in [2.24, 2.45) is 0 Å². The average Bonchev–Trinajstić information content (AvgIpc) is 3.41. The second kappa shape index (κ2) is 12.1. The van der Waals surface area contributed by atoms with E-state index in [-0.39, 0.29) is 68.0 Å². The van der Waals surface area contributed by atoms with Crippen LogP contribution < -0.4 is 14.8 Å². The number of rotatable bonds is 9. The molecule has 0 unspecified atom stereocenters. The van der Waals surface area contributed by atoms with E-state index in [4.69, 9.17) is 16.3 Å². The molecule has 3 N–H and O–H groups in total. The Morgan fingerprint density at radius 3 is 2.51 bits per heavy atom. The van der Waals surface area contributed by atoms with Gasteiger partial charge in [-0.15, -0.1) is 11.3 Å². The molecule has 0 bridgehead atoms. The van der Waals surface area contributed by atoms with Crippen molar-refractivity contribution in [1.29, 1.82) is 0 Å². The first-order valence-electron chi connectivity index (χ1n) is 10.9. The molecule has 4 aromatic rings. The van der Waals surface area contributed by atoms with Crippen LogP contribution >= 0.6 is 22.9 Å². The molecule has 2 aromatic heterocycles. The first-order valence-corrected chi connectivity index (χ1v) is 13.6. The van der Waals surface area contributed by atoms with Crippen LogP contribution in [0.3, 0.4) is 0 Å². The number of aliphatic hydroxyl groups is 1. The number of ether oxygens (including phenoxy) is 1. The normalized spacial score (nSPS) is 11.7. The Morgan fingerprint density at radius 1 is 1.16 bits per heavy atom. The van der Waals surface area contributed by atoms with Crippen molar-refractivity contribution in [3.05, 3.63) is 70.1 Å². The van der Waals surface area contributed by atoms with Crippen LogP contribution in [-0.2, 0) is 27.9 Å². The van der Waals surface area contributed by atoms with Crippen LogP contribution in [0.25, 0.3) is 10.9 Å². The fourth-order valence-corrected chi connectivity index (χ4v) is 6.08. The predicted octanol–water partition coefficient (Wildman–Crippen LogP) is 3.35. The van der Waals surface area contributed by atoms with Crippen LogP contribution in [0.1, 0.15) is 25.0 Å². The number of nitrogens with zero attached hydrogens (tertiary/aromatic N) is 2. The first-order chi connectivity index (χ1) is 17.0. The van der Waals surface area contributed by atoms with E-state index in [1.165, 1.54) is 33.1 Å². The summed E-state index contributed by atoms with van der Waals surface area (Å²) in [5.41, 5.74) is 0.936. The molecule has 2 heterocycles. The number of carbonyl (C=O) groups excluding carboxylic acids is 1. The second-order valence-electron chi connectivity index (χ2n) is 8.59. The number of thiophene rings is 1. The molecule has 0 aliphatic carbocycles. The summed E-state index contributed by atoms with van der Waals surface area (Å²) < 4.78 is 36.1. The number of nitrogens with one attached hydrogen (secondary N) is 2. The van der Waals surface area contributed by atoms with Gasteiger partial charge in [0.25, 0.3) is 15.9 Å². The second-order valence-corrected chi connectivity index (χ2v) is 12.2. The molecule has 13 heteroatoms. The van der Waals surface area contributed by atoms with E-state index in [1.54, 1.807) is 16.8 Å². The monoisotopic (exact) mass is 588 g/mol. The number of fused-ring (bicyclic) bond motifs is 1. The van der Waals surface area contributed by atoms with Gasteiger partial charge in [-0.2, -0.15) is 5.10 Å². The van der Waals surface area contributed by atoms with Crippen LogP contribution in [0.15, 0.2) is 58.8 Å². The zero-order chi connectivity index (χ0) is 26.1. The van der Waals surface area contributed by atoms with E-state index in [0.29, 0.717) is 27.5 Å². The average molecular weight is 589 g/mol. The molecular formula is C24H26ClKN4O5S2. The summed E-state index contributed by atoms with van der Waals surface area (Å²) in [6.45, 7) is 3.44. The van der Waals surface area contributed by atoms with Gasteiger partial charge in [0.1, 0.15) is 15.6 Å². The van der Waals surface area contributed by atoms with Crippen molar-refractivity contribution < 1.29 is 23.1 Å². The van der Waals surface area contributed by atoms with E-state index in [0.717, 1.165) is 22.5 Å². The zero-order valence-electron chi connectivity index (χ0n) is 19.8. The molecule has 0 saturated heterocycles. The number of amides is 1. The summed E-state index contributed by atoms with van der Waals surface area (Å²) in [5, 5.41) is 17.6. The SMILES string of the molecule is COc1cccc2c1c(NS(=O)(=O)c1ccc(Cl)s1)nn2Cc1cccc(CNC(=O)C(C)(C)O)c1.[KH]. The third-order valence-corrected chi connectivity index (χ3v) is 8.40. The molecule has 192 valence electrons. The summed E-state index contributed by atoms with van der Waals surface area (Å²) in [6.07, 6.45) is 0. The minimum absolute atomic E-state index is 0. The van der Waals surface area contributed by atoms with Gasteiger partial charge in [-0.1, -0.05) is 41.9 Å². The Bertz CT molecular complexity index is 1530. The molecule has 37 heavy (non-hydrogen) atoms. The molecule has 0 radical (unpaired) electrons. The molecule has 0 aliphatic rings. The topological polar surface area (TPSA) is 123 Å². The van der Waals surface area contributed by atoms with Crippen molar-refractivity contribution >= 4 is 107 Å². The van der Waals surface area contributed by atoms with Crippen LogP contribution in [0.5, 0.6) is 5.75 Å². The Balaban J connectivity index is 0.00000380. The number of aromatic nitrogens is 2. The number of methoxy groups -OCH3 is 1. The molecule has 0 saturated carbocycles. The van der Waals surface area contributed by atoms with Gasteiger partial charge in [0, 0.05) is 6.54 Å². The Hall–Kier alpha value is -1.48. The minimum atomic E-state index is -3.91. The number of anilines is 1. The fraction of sp³-hybridized carbons (Fsp3) is 0.250. The zero-order valence-corrected chi connectivity index (χ0v) is 22.2. The standard InChI is InChI=1S/C24H25ClN4O5S2.K.H/c1-24(2,31)23(30)26-13-15-6-4-7-16(12-15)14-29-17-8-5-9-18(34-3)21(17)22(27-29)28-36(32,33)20-11-10-19(25)35-20;;/h4-12,31H,13-14H2,1-3H3,(H,26,30)(H,27,28);;. The van der Waals surface area contributed by atoms with Gasteiger partial charge in [0.15, 0.2) is 5.82 Å². The molecule has 1 amide bonds. The molecule has 0 spiro atoms. The Morgan fingerprint density at radius 2 is 1.86 bits per heavy atom. The van der Waals surface area contributed by atoms with Crippen LogP contribution in [0, 0.1) is 0 Å². The van der Waals surface area contributed by atoms with Crippen molar-refractivity contribution in [2.75, 3.05) is 11.8 Å². The van der Waals surface area contributed by atoms with E-state index < -0.39 is 21.5 Å². The van der Waals surface area contributed by atoms with E-state index >= 15 is 0 Å². The third kappa shape index (κ3) is 7.14. The molecular weight excluding hydrogens is 563 g/mol. The number of carbonyl (C=O) groups is 1. The molecule has 0 atom stereocenters. The molecule has 4 rings (SSSR count). The van der Waals surface area contributed by atoms with E-state index in [2.05, 4.69) is 15.1 Å². The van der Waals surface area contributed by atoms with Crippen molar-refractivity contribution in [3.63, 3.8) is 0 Å². The Kier molecular flexibility index (Phi) is 9.86. The van der Waals surface area contributed by atoms with Gasteiger partial charge in [-0.05, 0) is 49.2 Å². The van der Waals surface area contributed by atoms with Crippen molar-refractivity contribution in [2.45, 2.75) is 36.7 Å². The molecule has 0 aliphatic heterocycles. The molecule has 2 aromatic carbocycles. The quantitative estimate of drug-likeness (QED) is 0.258. The van der Waals surface area contributed by atoms with Gasteiger partial charge in [0.2, 0.25) is 0 Å². The number of sulfonamides is 1. The number of hydrogen-bond acceptors (Lipinski definition) is 7. The Labute approximate surface area is 266 Å². The molecule has 0 fully saturated rings. The predicted molar refractivity (Wildman–Crippen MR) is 147 cm³/mol. The maximum absolute atomic E-state index is 13.0. The fourth-order valence-electron chi connectivity index (χ4n) is 3.59. The van der Waals surface area contributed by atoms with Gasteiger partial charge >= 0.3 is 51.4 Å². The van der Waals surface area contributed by atoms with Gasteiger partial charge < -0.3 is 15.2 Å². The van der Waals surface area contributed by atoms with Gasteiger partial charge in [-0.25, -0.2) is 8.42 Å². The van der Waals surface area contributed by atoms with Gasteiger partial charge in [-0.3, -0.25) is 14.2 Å². The van der Waals surface area contributed by atoms with Crippen molar-refractivity contribution in [1.82, 2.24) is 15.1 Å². The number of halogens is 1. The molecule has 9 nitrogen and oxygen atoms in total. The van der Waals surface area contributed by atoms with Crippen LogP contribution in [-0.4, -0.2) is 93.3 Å². The number of hydrogen-bond donors (Lipinski definition) is 3. The number of benzene rings is 2. The summed E-state index contributed by atoms with van der Waals surface area (Å²) >= 11 is 6.88. The van der Waals surface area contributed by atoms with Gasteiger partial charge in [0.05, 0.1) is 28.9 Å². The van der Waals surface area contributed by atoms with Crippen LogP contribution in [0.4, 0.5) is 5.82 Å². The summed E-state index contributed by atoms with van der Waals surface area (Å²) in [5.74, 6) is 0.145. The van der Waals surface area contributed by atoms with E-state index in [1.807, 2.05) is 30.3 Å². The summed E-state index contributed by atoms with van der Waals surface area (Å²) in [6, 6.07) is 15.9. The third-order valence-electron chi connectivity index (χ3n) is 5.34. The van der Waals surface area contributed by atoms with E-state index in [9.17, 15) is 18.3 Å².